The summed E-state index contributed by atoms with van der Waals surface area (Å²) in [6.07, 6.45) is 0. The van der Waals surface area contributed by atoms with Crippen molar-refractivity contribution in [3.8, 4) is 0 Å². The van der Waals surface area contributed by atoms with E-state index < -0.39 is 0 Å². The Bertz CT molecular complexity index is 484. The minimum absolute atomic E-state index is 0. The Hall–Kier alpha value is -0.940. The Morgan fingerprint density at radius 3 is 2.94 bits per heavy atom. The smallest absolute Gasteiger partial charge is 0.286 e. The molecule has 0 aliphatic carbocycles. The Kier molecular flexibility index (Phi) is 4.89. The first-order valence-electron chi connectivity index (χ1n) is 4.93. The van der Waals surface area contributed by atoms with Gasteiger partial charge >= 0.3 is 0 Å². The molecule has 1 amide bonds. The molecule has 1 N–H and O–H groups in total. The van der Waals surface area contributed by atoms with Crippen molar-refractivity contribution < 1.29 is 9.36 Å². The summed E-state index contributed by atoms with van der Waals surface area (Å²) in [5.74, 6) is 0.0612. The number of rotatable bonds is 3. The van der Waals surface area contributed by atoms with Crippen LogP contribution in [0.2, 0.25) is 0 Å². The standard InChI is InChI=1S/C11H12N2OS.BrH/c1-2-12-11(14)7-13-8-15-10-6-4-3-5-9(10)13;/h3-6,8H,2,7H2,1H3;1H/p+1. The summed E-state index contributed by atoms with van der Waals surface area (Å²) in [5, 5.41) is 2.79. The van der Waals surface area contributed by atoms with Gasteiger partial charge in [-0.25, -0.2) is 0 Å². The third-order valence-electron chi connectivity index (χ3n) is 2.17. The number of likely N-dealkylation sites (N-methyl/N-ethyl adjacent to an activating group) is 1. The van der Waals surface area contributed by atoms with E-state index in [9.17, 15) is 4.79 Å². The van der Waals surface area contributed by atoms with E-state index in [1.54, 1.807) is 11.3 Å². The van der Waals surface area contributed by atoms with Gasteiger partial charge in [0.1, 0.15) is 4.70 Å². The summed E-state index contributed by atoms with van der Waals surface area (Å²) < 4.78 is 3.19. The molecule has 0 unspecified atom stereocenters. The average Bonchev–Trinajstić information content (AvgIpc) is 2.62. The second-order valence-corrected chi connectivity index (χ2v) is 4.16. The summed E-state index contributed by atoms with van der Waals surface area (Å²) in [5.41, 5.74) is 3.11. The fourth-order valence-corrected chi connectivity index (χ4v) is 2.39. The normalized spacial score (nSPS) is 9.81. The second kappa shape index (κ2) is 5.96. The Morgan fingerprint density at radius 1 is 1.44 bits per heavy atom. The Morgan fingerprint density at radius 2 is 2.19 bits per heavy atom. The van der Waals surface area contributed by atoms with Gasteiger partial charge in [-0.05, 0) is 13.0 Å². The molecule has 0 saturated heterocycles. The van der Waals surface area contributed by atoms with Gasteiger partial charge in [-0.15, -0.1) is 17.0 Å². The van der Waals surface area contributed by atoms with Gasteiger partial charge in [0.2, 0.25) is 17.6 Å². The van der Waals surface area contributed by atoms with Gasteiger partial charge in [-0.2, -0.15) is 4.57 Å². The highest BCUT2D eigenvalue weighted by atomic mass is 79.9. The van der Waals surface area contributed by atoms with Crippen LogP contribution in [0.5, 0.6) is 0 Å². The Balaban J connectivity index is 0.00000128. The first-order chi connectivity index (χ1) is 7.31. The lowest BCUT2D eigenvalue weighted by atomic mass is 10.3. The zero-order valence-electron chi connectivity index (χ0n) is 8.97. The lowest BCUT2D eigenvalue weighted by molar-refractivity contribution is -0.654. The number of halogens is 1. The van der Waals surface area contributed by atoms with E-state index in [0.717, 1.165) is 5.52 Å². The molecule has 0 aliphatic heterocycles. The molecule has 5 heteroatoms. The van der Waals surface area contributed by atoms with Gasteiger partial charge in [0.15, 0.2) is 0 Å². The van der Waals surface area contributed by atoms with Gasteiger partial charge < -0.3 is 5.32 Å². The fourth-order valence-electron chi connectivity index (χ4n) is 1.50. The van der Waals surface area contributed by atoms with Crippen LogP contribution in [0.4, 0.5) is 0 Å². The number of fused-ring (bicyclic) bond motifs is 1. The summed E-state index contributed by atoms with van der Waals surface area (Å²) >= 11 is 1.66. The number of hydrogen-bond acceptors (Lipinski definition) is 2. The Labute approximate surface area is 109 Å². The molecule has 0 fully saturated rings. The van der Waals surface area contributed by atoms with Gasteiger partial charge in [0.05, 0.1) is 0 Å². The summed E-state index contributed by atoms with van der Waals surface area (Å²) in [7, 11) is 0. The molecule has 0 radical (unpaired) electrons. The quantitative estimate of drug-likeness (QED) is 0.863. The van der Waals surface area contributed by atoms with Crippen LogP contribution in [0, 0.1) is 0 Å². The van der Waals surface area contributed by atoms with Crippen molar-refractivity contribution in [2.45, 2.75) is 13.5 Å². The molecule has 2 aromatic rings. The predicted octanol–water partition coefficient (Wildman–Crippen LogP) is 1.90. The van der Waals surface area contributed by atoms with Crippen LogP contribution in [-0.2, 0) is 11.3 Å². The third-order valence-corrected chi connectivity index (χ3v) is 3.13. The zero-order valence-corrected chi connectivity index (χ0v) is 11.5. The zero-order chi connectivity index (χ0) is 10.7. The number of amides is 1. The van der Waals surface area contributed by atoms with Crippen molar-refractivity contribution in [3.63, 3.8) is 0 Å². The van der Waals surface area contributed by atoms with Crippen molar-refractivity contribution in [1.29, 1.82) is 0 Å². The topological polar surface area (TPSA) is 33.0 Å². The molecule has 1 heterocycles. The van der Waals surface area contributed by atoms with Crippen LogP contribution in [0.25, 0.3) is 10.2 Å². The molecule has 1 aromatic carbocycles. The van der Waals surface area contributed by atoms with Gasteiger partial charge in [0, 0.05) is 12.6 Å². The van der Waals surface area contributed by atoms with Gasteiger partial charge in [-0.1, -0.05) is 23.5 Å². The van der Waals surface area contributed by atoms with E-state index in [4.69, 9.17) is 0 Å². The molecule has 0 bridgehead atoms. The molecule has 0 atom stereocenters. The van der Waals surface area contributed by atoms with Gasteiger partial charge in [0.25, 0.3) is 5.91 Å². The first kappa shape index (κ1) is 13.1. The number of thiazole rings is 1. The van der Waals surface area contributed by atoms with E-state index in [1.165, 1.54) is 4.70 Å². The molecule has 86 valence electrons. The fraction of sp³-hybridized carbons (Fsp3) is 0.273. The highest BCUT2D eigenvalue weighted by Gasteiger charge is 2.14. The molecule has 0 spiro atoms. The lowest BCUT2D eigenvalue weighted by Crippen LogP contribution is -2.41. The minimum Gasteiger partial charge on any atom is -0.351 e. The van der Waals surface area contributed by atoms with E-state index >= 15 is 0 Å². The molecule has 16 heavy (non-hydrogen) atoms. The molecule has 0 aliphatic rings. The van der Waals surface area contributed by atoms with E-state index in [1.807, 2.05) is 35.2 Å². The lowest BCUT2D eigenvalue weighted by Gasteiger charge is -1.96. The van der Waals surface area contributed by atoms with Crippen LogP contribution >= 0.6 is 28.3 Å². The molecule has 0 saturated carbocycles. The second-order valence-electron chi connectivity index (χ2n) is 3.27. The summed E-state index contributed by atoms with van der Waals surface area (Å²) in [6, 6.07) is 8.10. The van der Waals surface area contributed by atoms with Crippen LogP contribution in [0.3, 0.4) is 0 Å². The first-order valence-corrected chi connectivity index (χ1v) is 5.81. The van der Waals surface area contributed by atoms with Crippen molar-refractivity contribution in [2.75, 3.05) is 6.54 Å². The maximum Gasteiger partial charge on any atom is 0.286 e. The molecular formula is C11H14BrN2OS+. The number of nitrogens with zero attached hydrogens (tertiary/aromatic N) is 1. The monoisotopic (exact) mass is 301 g/mol. The highest BCUT2D eigenvalue weighted by Crippen LogP contribution is 2.14. The van der Waals surface area contributed by atoms with Crippen molar-refractivity contribution in [3.05, 3.63) is 29.8 Å². The van der Waals surface area contributed by atoms with Crippen molar-refractivity contribution in [2.24, 2.45) is 0 Å². The number of para-hydroxylation sites is 1. The number of nitrogens with one attached hydrogen (secondary N) is 1. The number of hydrogen-bond donors (Lipinski definition) is 1. The SMILES string of the molecule is Br.CCNC(=O)C[n+]1csc2ccccc21. The van der Waals surface area contributed by atoms with Crippen LogP contribution in [0.15, 0.2) is 29.8 Å². The molecule has 1 aromatic heterocycles. The molecular weight excluding hydrogens is 288 g/mol. The number of carbonyl (C=O) groups excluding carboxylic acids is 1. The summed E-state index contributed by atoms with van der Waals surface area (Å²) in [4.78, 5) is 11.4. The maximum atomic E-state index is 11.4. The van der Waals surface area contributed by atoms with Crippen molar-refractivity contribution >= 4 is 44.4 Å². The number of benzene rings is 1. The van der Waals surface area contributed by atoms with Crippen LogP contribution in [0.1, 0.15) is 6.92 Å². The highest BCUT2D eigenvalue weighted by molar-refractivity contribution is 8.93. The largest absolute Gasteiger partial charge is 0.351 e. The van der Waals surface area contributed by atoms with Gasteiger partial charge in [-0.3, -0.25) is 4.79 Å². The third kappa shape index (κ3) is 2.80. The van der Waals surface area contributed by atoms with E-state index in [-0.39, 0.29) is 22.9 Å². The maximum absolute atomic E-state index is 11.4. The molecule has 2 rings (SSSR count). The van der Waals surface area contributed by atoms with E-state index in [0.29, 0.717) is 13.1 Å². The number of carbonyl (C=O) groups is 1. The predicted molar refractivity (Wildman–Crippen MR) is 71.0 cm³/mol. The van der Waals surface area contributed by atoms with Crippen LogP contribution in [-0.4, -0.2) is 12.5 Å². The number of aromatic nitrogens is 1. The summed E-state index contributed by atoms with van der Waals surface area (Å²) in [6.45, 7) is 3.01. The van der Waals surface area contributed by atoms with Crippen LogP contribution < -0.4 is 9.88 Å². The average molecular weight is 302 g/mol. The van der Waals surface area contributed by atoms with Crippen molar-refractivity contribution in [1.82, 2.24) is 5.32 Å². The van der Waals surface area contributed by atoms with E-state index in [2.05, 4.69) is 11.4 Å². The minimum atomic E-state index is 0. The molecule has 3 nitrogen and oxygen atoms in total.